The van der Waals surface area contributed by atoms with E-state index in [0.29, 0.717) is 27.8 Å². The third-order valence-electron chi connectivity index (χ3n) is 3.45. The molecule has 3 rings (SSSR count). The van der Waals surface area contributed by atoms with Crippen LogP contribution in [0.25, 0.3) is 11.5 Å². The van der Waals surface area contributed by atoms with E-state index in [1.165, 1.54) is 11.8 Å². The van der Waals surface area contributed by atoms with Gasteiger partial charge in [0.15, 0.2) is 0 Å². The molecule has 0 radical (unpaired) electrons. The van der Waals surface area contributed by atoms with E-state index >= 15 is 0 Å². The zero-order valence-corrected chi connectivity index (χ0v) is 16.1. The number of amides is 1. The fourth-order valence-electron chi connectivity index (χ4n) is 2.07. The van der Waals surface area contributed by atoms with Crippen molar-refractivity contribution in [3.05, 3.63) is 58.3 Å². The van der Waals surface area contributed by atoms with Crippen LogP contribution in [0.3, 0.4) is 0 Å². The number of pyridine rings is 1. The van der Waals surface area contributed by atoms with Crippen molar-refractivity contribution in [1.82, 2.24) is 20.1 Å². The first-order valence-corrected chi connectivity index (χ1v) is 9.32. The average Bonchev–Trinajstić information content (AvgIpc) is 3.11. The predicted octanol–water partition coefficient (Wildman–Crippen LogP) is 4.19. The summed E-state index contributed by atoms with van der Waals surface area (Å²) in [6.45, 7) is 0.448. The van der Waals surface area contributed by atoms with E-state index in [-0.39, 0.29) is 11.7 Å². The summed E-state index contributed by atoms with van der Waals surface area (Å²) in [5.74, 6) is 0.521. The summed E-state index contributed by atoms with van der Waals surface area (Å²) >= 11 is 12.8. The lowest BCUT2D eigenvalue weighted by atomic mass is 10.2. The Balaban J connectivity index is 1.54. The summed E-state index contributed by atoms with van der Waals surface area (Å²) in [6, 6.07) is 10.6. The molecular weight excluding hydrogens is 395 g/mol. The van der Waals surface area contributed by atoms with Gasteiger partial charge in [0.25, 0.3) is 5.22 Å². The maximum absolute atomic E-state index is 12.3. The Labute approximate surface area is 164 Å². The van der Waals surface area contributed by atoms with Crippen molar-refractivity contribution in [2.75, 3.05) is 12.8 Å². The molecule has 9 heteroatoms. The SMILES string of the molecule is CN(Cc1ccc(Cl)nc1)C(=O)CSc1nnc(-c2ccc(Cl)cc2)o1. The molecule has 26 heavy (non-hydrogen) atoms. The van der Waals surface area contributed by atoms with Crippen molar-refractivity contribution in [1.29, 1.82) is 0 Å². The van der Waals surface area contributed by atoms with Gasteiger partial charge in [-0.2, -0.15) is 0 Å². The Morgan fingerprint density at radius 2 is 1.92 bits per heavy atom. The summed E-state index contributed by atoms with van der Waals surface area (Å²) in [6.07, 6.45) is 1.65. The van der Waals surface area contributed by atoms with Crippen LogP contribution in [0.4, 0.5) is 0 Å². The molecule has 134 valence electrons. The van der Waals surface area contributed by atoms with Crippen LogP contribution >= 0.6 is 35.0 Å². The largest absolute Gasteiger partial charge is 0.411 e. The molecule has 0 unspecified atom stereocenters. The number of thioether (sulfide) groups is 1. The Hall–Kier alpha value is -2.09. The van der Waals surface area contributed by atoms with Gasteiger partial charge in [0.2, 0.25) is 11.8 Å². The van der Waals surface area contributed by atoms with Crippen molar-refractivity contribution >= 4 is 40.9 Å². The topological polar surface area (TPSA) is 72.1 Å². The van der Waals surface area contributed by atoms with E-state index in [0.717, 1.165) is 11.1 Å². The molecular formula is C17H14Cl2N4O2S. The Morgan fingerprint density at radius 1 is 1.15 bits per heavy atom. The van der Waals surface area contributed by atoms with Gasteiger partial charge in [0.05, 0.1) is 5.75 Å². The Kier molecular flexibility index (Phi) is 6.13. The van der Waals surface area contributed by atoms with Crippen LogP contribution in [0, 0.1) is 0 Å². The van der Waals surface area contributed by atoms with E-state index in [4.69, 9.17) is 27.6 Å². The fourth-order valence-corrected chi connectivity index (χ4v) is 3.01. The first-order valence-electron chi connectivity index (χ1n) is 7.58. The number of nitrogens with zero attached hydrogens (tertiary/aromatic N) is 4. The van der Waals surface area contributed by atoms with Crippen molar-refractivity contribution in [3.63, 3.8) is 0 Å². The molecule has 0 aliphatic rings. The van der Waals surface area contributed by atoms with E-state index in [9.17, 15) is 4.79 Å². The zero-order chi connectivity index (χ0) is 18.5. The second kappa shape index (κ2) is 8.53. The zero-order valence-electron chi connectivity index (χ0n) is 13.7. The Bertz CT molecular complexity index is 885. The lowest BCUT2D eigenvalue weighted by Gasteiger charge is -2.16. The van der Waals surface area contributed by atoms with Crippen LogP contribution in [-0.2, 0) is 11.3 Å². The van der Waals surface area contributed by atoms with Crippen LogP contribution in [0.2, 0.25) is 10.2 Å². The quantitative estimate of drug-likeness (QED) is 0.449. The molecule has 1 amide bonds. The maximum Gasteiger partial charge on any atom is 0.277 e. The molecule has 0 aliphatic carbocycles. The van der Waals surface area contributed by atoms with Crippen molar-refractivity contribution in [2.24, 2.45) is 0 Å². The highest BCUT2D eigenvalue weighted by atomic mass is 35.5. The highest BCUT2D eigenvalue weighted by molar-refractivity contribution is 7.99. The Morgan fingerprint density at radius 3 is 2.62 bits per heavy atom. The highest BCUT2D eigenvalue weighted by Crippen LogP contribution is 2.24. The second-order valence-electron chi connectivity index (χ2n) is 5.41. The second-order valence-corrected chi connectivity index (χ2v) is 7.16. The van der Waals surface area contributed by atoms with Crippen LogP contribution in [0.1, 0.15) is 5.56 Å². The van der Waals surface area contributed by atoms with Crippen LogP contribution in [-0.4, -0.2) is 38.8 Å². The number of benzene rings is 1. The minimum Gasteiger partial charge on any atom is -0.411 e. The third-order valence-corrected chi connectivity index (χ3v) is 4.73. The van der Waals surface area contributed by atoms with Gasteiger partial charge < -0.3 is 9.32 Å². The molecule has 0 spiro atoms. The summed E-state index contributed by atoms with van der Waals surface area (Å²) in [4.78, 5) is 17.9. The van der Waals surface area contributed by atoms with Gasteiger partial charge in [-0.1, -0.05) is 41.0 Å². The predicted molar refractivity (Wildman–Crippen MR) is 101 cm³/mol. The molecule has 2 heterocycles. The minimum absolute atomic E-state index is 0.0591. The molecule has 0 saturated heterocycles. The van der Waals surface area contributed by atoms with Gasteiger partial charge in [-0.15, -0.1) is 10.2 Å². The van der Waals surface area contributed by atoms with Gasteiger partial charge in [0.1, 0.15) is 5.15 Å². The summed E-state index contributed by atoms with van der Waals surface area (Å²) in [5.41, 5.74) is 1.67. The van der Waals surface area contributed by atoms with Gasteiger partial charge >= 0.3 is 0 Å². The molecule has 3 aromatic rings. The lowest BCUT2D eigenvalue weighted by Crippen LogP contribution is -2.27. The van der Waals surface area contributed by atoms with Gasteiger partial charge in [-0.3, -0.25) is 4.79 Å². The average molecular weight is 409 g/mol. The van der Waals surface area contributed by atoms with Gasteiger partial charge in [-0.05, 0) is 35.9 Å². The molecule has 6 nitrogen and oxygen atoms in total. The van der Waals surface area contributed by atoms with E-state index < -0.39 is 0 Å². The van der Waals surface area contributed by atoms with Crippen LogP contribution in [0.15, 0.2) is 52.2 Å². The van der Waals surface area contributed by atoms with Crippen LogP contribution in [0.5, 0.6) is 0 Å². The smallest absolute Gasteiger partial charge is 0.277 e. The maximum atomic E-state index is 12.3. The monoisotopic (exact) mass is 408 g/mol. The molecule has 2 aromatic heterocycles. The van der Waals surface area contributed by atoms with Crippen molar-refractivity contribution in [2.45, 2.75) is 11.8 Å². The van der Waals surface area contributed by atoms with E-state index in [2.05, 4.69) is 15.2 Å². The molecule has 0 aliphatic heterocycles. The number of carbonyl (C=O) groups is 1. The van der Waals surface area contributed by atoms with E-state index in [1.54, 1.807) is 48.5 Å². The first-order chi connectivity index (χ1) is 12.5. The lowest BCUT2D eigenvalue weighted by molar-refractivity contribution is -0.127. The molecule has 0 saturated carbocycles. The number of carbonyl (C=O) groups excluding carboxylic acids is 1. The summed E-state index contributed by atoms with van der Waals surface area (Å²) < 4.78 is 5.57. The standard InChI is InChI=1S/C17H14Cl2N4O2S/c1-23(9-11-2-7-14(19)20-8-11)15(24)10-26-17-22-21-16(25-17)12-3-5-13(18)6-4-12/h2-8H,9-10H2,1H3. The number of halogens is 2. The molecule has 0 atom stereocenters. The van der Waals surface area contributed by atoms with E-state index in [1.807, 2.05) is 6.07 Å². The summed E-state index contributed by atoms with van der Waals surface area (Å²) in [5, 5.41) is 9.34. The highest BCUT2D eigenvalue weighted by Gasteiger charge is 2.14. The molecule has 0 N–H and O–H groups in total. The third kappa shape index (κ3) is 4.97. The van der Waals surface area contributed by atoms with Gasteiger partial charge in [0, 0.05) is 30.4 Å². The fraction of sp³-hybridized carbons (Fsp3) is 0.176. The van der Waals surface area contributed by atoms with Gasteiger partial charge in [-0.25, -0.2) is 4.98 Å². The molecule has 1 aromatic carbocycles. The van der Waals surface area contributed by atoms with Crippen LogP contribution < -0.4 is 0 Å². The number of hydrogen-bond acceptors (Lipinski definition) is 6. The first kappa shape index (κ1) is 18.7. The molecule has 0 fully saturated rings. The minimum atomic E-state index is -0.0591. The number of rotatable bonds is 6. The normalized spacial score (nSPS) is 10.7. The summed E-state index contributed by atoms with van der Waals surface area (Å²) in [7, 11) is 1.73. The van der Waals surface area contributed by atoms with Crippen molar-refractivity contribution < 1.29 is 9.21 Å². The van der Waals surface area contributed by atoms with Crippen molar-refractivity contribution in [3.8, 4) is 11.5 Å². The number of hydrogen-bond donors (Lipinski definition) is 0. The molecule has 0 bridgehead atoms. The number of aromatic nitrogens is 3.